The number of hydrogen-bond donors (Lipinski definition) is 1. The van der Waals surface area contributed by atoms with Crippen molar-refractivity contribution in [1.82, 2.24) is 10.2 Å². The second-order valence-electron chi connectivity index (χ2n) is 5.71. The minimum Gasteiger partial charge on any atom is -0.493 e. The van der Waals surface area contributed by atoms with Crippen molar-refractivity contribution < 1.29 is 4.74 Å². The van der Waals surface area contributed by atoms with E-state index in [2.05, 4.69) is 53.2 Å². The van der Waals surface area contributed by atoms with Gasteiger partial charge in [-0.05, 0) is 6.07 Å². The van der Waals surface area contributed by atoms with Crippen LogP contribution in [0.2, 0.25) is 0 Å². The van der Waals surface area contributed by atoms with Crippen LogP contribution in [0.15, 0.2) is 24.3 Å². The molecule has 1 N–H and O–H groups in total. The second-order valence-corrected chi connectivity index (χ2v) is 6.94. The minimum atomic E-state index is 0.430. The van der Waals surface area contributed by atoms with Gasteiger partial charge in [-0.2, -0.15) is 11.8 Å². The molecular formula is C16H24N2OS. The van der Waals surface area contributed by atoms with Gasteiger partial charge in [-0.15, -0.1) is 0 Å². The van der Waals surface area contributed by atoms with Crippen LogP contribution in [-0.4, -0.2) is 49.2 Å². The molecule has 110 valence electrons. The number of hydrogen-bond acceptors (Lipinski definition) is 4. The maximum absolute atomic E-state index is 5.81. The van der Waals surface area contributed by atoms with Crippen LogP contribution < -0.4 is 10.1 Å². The molecule has 4 heteroatoms. The van der Waals surface area contributed by atoms with E-state index in [1.165, 1.54) is 30.2 Å². The number of ether oxygens (including phenoxy) is 1. The van der Waals surface area contributed by atoms with Crippen molar-refractivity contribution in [3.8, 4) is 5.75 Å². The van der Waals surface area contributed by atoms with E-state index in [-0.39, 0.29) is 0 Å². The first-order chi connectivity index (χ1) is 9.84. The quantitative estimate of drug-likeness (QED) is 0.921. The van der Waals surface area contributed by atoms with Crippen LogP contribution >= 0.6 is 11.8 Å². The van der Waals surface area contributed by atoms with Crippen LogP contribution in [0.4, 0.5) is 0 Å². The van der Waals surface area contributed by atoms with Gasteiger partial charge in [0.1, 0.15) is 5.75 Å². The molecule has 2 heterocycles. The Kier molecular flexibility index (Phi) is 4.86. The van der Waals surface area contributed by atoms with Crippen LogP contribution in [-0.2, 0) is 0 Å². The lowest BCUT2D eigenvalue weighted by molar-refractivity contribution is 0.184. The van der Waals surface area contributed by atoms with Crippen LogP contribution in [0.3, 0.4) is 0 Å². The summed E-state index contributed by atoms with van der Waals surface area (Å²) >= 11 is 2.07. The molecule has 0 aromatic heterocycles. The summed E-state index contributed by atoms with van der Waals surface area (Å²) in [5.41, 5.74) is 1.32. The van der Waals surface area contributed by atoms with Gasteiger partial charge in [0, 0.05) is 55.2 Å². The molecule has 3 rings (SSSR count). The average molecular weight is 292 g/mol. The summed E-state index contributed by atoms with van der Waals surface area (Å²) < 4.78 is 5.81. The molecule has 0 bridgehead atoms. The van der Waals surface area contributed by atoms with Gasteiger partial charge < -0.3 is 15.0 Å². The number of para-hydroxylation sites is 1. The SMILES string of the molecule is CC1COc2ccccc2C1NCCN1CCSCC1. The van der Waals surface area contributed by atoms with Gasteiger partial charge >= 0.3 is 0 Å². The summed E-state index contributed by atoms with van der Waals surface area (Å²) in [6.45, 7) is 7.79. The first-order valence-electron chi connectivity index (χ1n) is 7.60. The number of fused-ring (bicyclic) bond motifs is 1. The van der Waals surface area contributed by atoms with E-state index in [1.54, 1.807) is 0 Å². The first kappa shape index (κ1) is 14.2. The fourth-order valence-corrected chi connectivity index (χ4v) is 3.99. The van der Waals surface area contributed by atoms with E-state index in [9.17, 15) is 0 Å². The normalized spacial score (nSPS) is 26.9. The molecule has 1 fully saturated rings. The molecule has 2 aliphatic rings. The van der Waals surface area contributed by atoms with Crippen LogP contribution in [0, 0.1) is 5.92 Å². The number of nitrogens with zero attached hydrogens (tertiary/aromatic N) is 1. The highest BCUT2D eigenvalue weighted by Crippen LogP contribution is 2.34. The van der Waals surface area contributed by atoms with E-state index in [1.807, 2.05) is 0 Å². The van der Waals surface area contributed by atoms with Gasteiger partial charge in [-0.1, -0.05) is 25.1 Å². The molecule has 0 aliphatic carbocycles. The maximum atomic E-state index is 5.81. The van der Waals surface area contributed by atoms with Crippen molar-refractivity contribution in [3.63, 3.8) is 0 Å². The largest absolute Gasteiger partial charge is 0.493 e. The molecule has 20 heavy (non-hydrogen) atoms. The molecule has 3 nitrogen and oxygen atoms in total. The Morgan fingerprint density at radius 3 is 2.95 bits per heavy atom. The molecule has 1 saturated heterocycles. The lowest BCUT2D eigenvalue weighted by Crippen LogP contribution is -2.41. The monoisotopic (exact) mass is 292 g/mol. The third kappa shape index (κ3) is 3.30. The Bertz CT molecular complexity index is 434. The highest BCUT2D eigenvalue weighted by atomic mass is 32.2. The number of rotatable bonds is 4. The summed E-state index contributed by atoms with van der Waals surface area (Å²) in [6.07, 6.45) is 0. The number of thioether (sulfide) groups is 1. The van der Waals surface area contributed by atoms with Gasteiger partial charge in [0.15, 0.2) is 0 Å². The second kappa shape index (κ2) is 6.83. The lowest BCUT2D eigenvalue weighted by Gasteiger charge is -2.33. The van der Waals surface area contributed by atoms with Crippen LogP contribution in [0.5, 0.6) is 5.75 Å². The Morgan fingerprint density at radius 2 is 2.10 bits per heavy atom. The highest BCUT2D eigenvalue weighted by molar-refractivity contribution is 7.99. The number of nitrogens with one attached hydrogen (secondary N) is 1. The van der Waals surface area contributed by atoms with Gasteiger partial charge in [0.05, 0.1) is 6.61 Å². The predicted molar refractivity (Wildman–Crippen MR) is 85.6 cm³/mol. The lowest BCUT2D eigenvalue weighted by atomic mass is 9.92. The van der Waals surface area contributed by atoms with E-state index >= 15 is 0 Å². The van der Waals surface area contributed by atoms with Crippen molar-refractivity contribution in [2.45, 2.75) is 13.0 Å². The van der Waals surface area contributed by atoms with Gasteiger partial charge in [-0.3, -0.25) is 0 Å². The predicted octanol–water partition coefficient (Wildman–Crippen LogP) is 2.39. The third-order valence-corrected chi connectivity index (χ3v) is 5.16. The zero-order chi connectivity index (χ0) is 13.8. The number of benzene rings is 1. The standard InChI is InChI=1S/C16H24N2OS/c1-13-12-19-15-5-3-2-4-14(15)16(13)17-6-7-18-8-10-20-11-9-18/h2-5,13,16-17H,6-12H2,1H3. The molecule has 1 aromatic rings. The summed E-state index contributed by atoms with van der Waals surface area (Å²) in [4.78, 5) is 2.57. The van der Waals surface area contributed by atoms with E-state index < -0.39 is 0 Å². The molecule has 2 unspecified atom stereocenters. The Hall–Kier alpha value is -0.710. The first-order valence-corrected chi connectivity index (χ1v) is 8.75. The minimum absolute atomic E-state index is 0.430. The summed E-state index contributed by atoms with van der Waals surface area (Å²) in [6, 6.07) is 8.87. The Morgan fingerprint density at radius 1 is 1.30 bits per heavy atom. The van der Waals surface area contributed by atoms with E-state index in [0.29, 0.717) is 12.0 Å². The molecule has 0 radical (unpaired) electrons. The van der Waals surface area contributed by atoms with Gasteiger partial charge in [-0.25, -0.2) is 0 Å². The van der Waals surface area contributed by atoms with Gasteiger partial charge in [0.25, 0.3) is 0 Å². The fourth-order valence-electron chi connectivity index (χ4n) is 3.01. The van der Waals surface area contributed by atoms with Crippen molar-refractivity contribution in [3.05, 3.63) is 29.8 Å². The van der Waals surface area contributed by atoms with E-state index in [0.717, 1.165) is 25.4 Å². The zero-order valence-electron chi connectivity index (χ0n) is 12.2. The summed E-state index contributed by atoms with van der Waals surface area (Å²) in [5, 5.41) is 3.75. The van der Waals surface area contributed by atoms with Crippen LogP contribution in [0.25, 0.3) is 0 Å². The molecular weight excluding hydrogens is 268 g/mol. The average Bonchev–Trinajstić information content (AvgIpc) is 2.50. The van der Waals surface area contributed by atoms with Gasteiger partial charge in [0.2, 0.25) is 0 Å². The van der Waals surface area contributed by atoms with Crippen LogP contribution in [0.1, 0.15) is 18.5 Å². The Labute approximate surface area is 126 Å². The third-order valence-electron chi connectivity index (χ3n) is 4.22. The smallest absolute Gasteiger partial charge is 0.124 e. The fraction of sp³-hybridized carbons (Fsp3) is 0.625. The maximum Gasteiger partial charge on any atom is 0.124 e. The molecule has 0 saturated carbocycles. The van der Waals surface area contributed by atoms with Crippen molar-refractivity contribution >= 4 is 11.8 Å². The summed E-state index contributed by atoms with van der Waals surface area (Å²) in [5.74, 6) is 4.16. The topological polar surface area (TPSA) is 24.5 Å². The molecule has 2 atom stereocenters. The van der Waals surface area contributed by atoms with Crippen molar-refractivity contribution in [2.75, 3.05) is 44.3 Å². The summed E-state index contributed by atoms with van der Waals surface area (Å²) in [7, 11) is 0. The zero-order valence-corrected chi connectivity index (χ0v) is 13.0. The molecule has 0 amide bonds. The van der Waals surface area contributed by atoms with Crippen molar-refractivity contribution in [1.29, 1.82) is 0 Å². The molecule has 0 spiro atoms. The van der Waals surface area contributed by atoms with Crippen molar-refractivity contribution in [2.24, 2.45) is 5.92 Å². The Balaban J connectivity index is 1.56. The molecule has 1 aromatic carbocycles. The highest BCUT2D eigenvalue weighted by Gasteiger charge is 2.27. The molecule has 2 aliphatic heterocycles. The van der Waals surface area contributed by atoms with E-state index in [4.69, 9.17) is 4.74 Å².